The van der Waals surface area contributed by atoms with Crippen molar-refractivity contribution >= 4 is 23.1 Å². The van der Waals surface area contributed by atoms with Gasteiger partial charge in [-0.1, -0.05) is 24.3 Å². The van der Waals surface area contributed by atoms with Crippen LogP contribution in [0.2, 0.25) is 0 Å². The number of rotatable bonds is 5. The van der Waals surface area contributed by atoms with E-state index in [1.807, 2.05) is 38.1 Å². The van der Waals surface area contributed by atoms with Gasteiger partial charge in [-0.3, -0.25) is 4.79 Å². The first kappa shape index (κ1) is 20.5. The van der Waals surface area contributed by atoms with Gasteiger partial charge in [0.25, 0.3) is 0 Å². The minimum absolute atomic E-state index is 0.0451. The first-order chi connectivity index (χ1) is 14.5. The highest BCUT2D eigenvalue weighted by molar-refractivity contribution is 7.15. The van der Waals surface area contributed by atoms with Crippen LogP contribution in [-0.4, -0.2) is 34.2 Å². The van der Waals surface area contributed by atoms with Gasteiger partial charge >= 0.3 is 0 Å². The van der Waals surface area contributed by atoms with Crippen molar-refractivity contribution in [3.05, 3.63) is 58.2 Å². The Morgan fingerprint density at radius 3 is 2.57 bits per heavy atom. The van der Waals surface area contributed by atoms with Crippen molar-refractivity contribution in [2.24, 2.45) is 5.92 Å². The van der Waals surface area contributed by atoms with Gasteiger partial charge in [-0.2, -0.15) is 5.10 Å². The van der Waals surface area contributed by atoms with Crippen molar-refractivity contribution in [3.8, 4) is 10.6 Å². The number of nitrogens with one attached hydrogen (secondary N) is 1. The van der Waals surface area contributed by atoms with Gasteiger partial charge < -0.3 is 10.2 Å². The Labute approximate surface area is 181 Å². The van der Waals surface area contributed by atoms with Crippen LogP contribution in [0, 0.1) is 26.7 Å². The average molecular weight is 422 g/mol. The number of aromatic nitrogens is 3. The zero-order valence-electron chi connectivity index (χ0n) is 17.7. The molecule has 0 atom stereocenters. The van der Waals surface area contributed by atoms with E-state index in [-0.39, 0.29) is 11.8 Å². The van der Waals surface area contributed by atoms with Crippen molar-refractivity contribution in [2.45, 2.75) is 40.2 Å². The number of benzene rings is 1. The molecule has 3 aromatic rings. The number of anilines is 1. The maximum Gasteiger partial charge on any atom is 0.223 e. The number of hydrogen-bond acceptors (Lipinski definition) is 6. The molecule has 1 saturated heterocycles. The van der Waals surface area contributed by atoms with Gasteiger partial charge in [-0.15, -0.1) is 16.4 Å². The molecule has 0 aliphatic carbocycles. The molecule has 7 heteroatoms. The van der Waals surface area contributed by atoms with Gasteiger partial charge in [0, 0.05) is 29.4 Å². The minimum atomic E-state index is 0.0451. The first-order valence-corrected chi connectivity index (χ1v) is 11.2. The summed E-state index contributed by atoms with van der Waals surface area (Å²) in [5, 5.41) is 12.5. The molecule has 0 saturated carbocycles. The average Bonchev–Trinajstić information content (AvgIpc) is 3.13. The van der Waals surface area contributed by atoms with E-state index in [1.54, 1.807) is 11.3 Å². The molecule has 1 N–H and O–H groups in total. The summed E-state index contributed by atoms with van der Waals surface area (Å²) < 4.78 is 0. The van der Waals surface area contributed by atoms with E-state index in [0.717, 1.165) is 58.6 Å². The lowest BCUT2D eigenvalue weighted by Gasteiger charge is -2.31. The SMILES string of the molecule is Cc1ccc(N2CCC(C(=O)NCc3sc(-c4ccccc4C)nc3C)CC2)nn1. The van der Waals surface area contributed by atoms with Crippen LogP contribution in [-0.2, 0) is 11.3 Å². The van der Waals surface area contributed by atoms with E-state index in [2.05, 4.69) is 39.5 Å². The smallest absolute Gasteiger partial charge is 0.223 e. The molecule has 2 aromatic heterocycles. The van der Waals surface area contributed by atoms with Crippen LogP contribution in [0.4, 0.5) is 5.82 Å². The molecule has 1 amide bonds. The molecule has 1 aromatic carbocycles. The normalized spacial score (nSPS) is 14.7. The molecular formula is C23H27N5OS. The highest BCUT2D eigenvalue weighted by Gasteiger charge is 2.26. The molecule has 6 nitrogen and oxygen atoms in total. The quantitative estimate of drug-likeness (QED) is 0.673. The van der Waals surface area contributed by atoms with Crippen molar-refractivity contribution in [1.82, 2.24) is 20.5 Å². The number of aryl methyl sites for hydroxylation is 3. The molecule has 1 aliphatic rings. The van der Waals surface area contributed by atoms with E-state index in [4.69, 9.17) is 4.98 Å². The standard InChI is InChI=1S/C23H27N5OS/c1-15-6-4-5-7-19(15)23-25-17(3)20(30-23)14-24-22(29)18-10-12-28(13-11-18)21-9-8-16(2)26-27-21/h4-9,18H,10-14H2,1-3H3,(H,24,29). The molecule has 4 rings (SSSR count). The topological polar surface area (TPSA) is 71.0 Å². The summed E-state index contributed by atoms with van der Waals surface area (Å²) in [6.07, 6.45) is 1.66. The summed E-state index contributed by atoms with van der Waals surface area (Å²) in [4.78, 5) is 20.8. The zero-order chi connectivity index (χ0) is 21.1. The van der Waals surface area contributed by atoms with E-state index >= 15 is 0 Å². The number of amides is 1. The van der Waals surface area contributed by atoms with E-state index in [1.165, 1.54) is 5.56 Å². The van der Waals surface area contributed by atoms with Crippen LogP contribution in [0.3, 0.4) is 0 Å². The molecule has 1 aliphatic heterocycles. The summed E-state index contributed by atoms with van der Waals surface area (Å²) in [6.45, 7) is 8.24. The van der Waals surface area contributed by atoms with Gasteiger partial charge in [0.2, 0.25) is 5.91 Å². The van der Waals surface area contributed by atoms with E-state index in [0.29, 0.717) is 6.54 Å². The lowest BCUT2D eigenvalue weighted by Crippen LogP contribution is -2.40. The van der Waals surface area contributed by atoms with Gasteiger partial charge in [0.15, 0.2) is 5.82 Å². The van der Waals surface area contributed by atoms with Gasteiger partial charge in [-0.25, -0.2) is 4.98 Å². The molecule has 3 heterocycles. The minimum Gasteiger partial charge on any atom is -0.355 e. The number of hydrogen-bond donors (Lipinski definition) is 1. The molecule has 156 valence electrons. The van der Waals surface area contributed by atoms with Crippen LogP contribution >= 0.6 is 11.3 Å². The Morgan fingerprint density at radius 1 is 1.10 bits per heavy atom. The van der Waals surface area contributed by atoms with Gasteiger partial charge in [-0.05, 0) is 51.3 Å². The maximum atomic E-state index is 12.7. The van der Waals surface area contributed by atoms with Crippen molar-refractivity contribution in [3.63, 3.8) is 0 Å². The Morgan fingerprint density at radius 2 is 1.87 bits per heavy atom. The number of piperidine rings is 1. The number of carbonyl (C=O) groups excluding carboxylic acids is 1. The molecule has 30 heavy (non-hydrogen) atoms. The lowest BCUT2D eigenvalue weighted by molar-refractivity contribution is -0.125. The summed E-state index contributed by atoms with van der Waals surface area (Å²) in [6, 6.07) is 12.3. The van der Waals surface area contributed by atoms with E-state index < -0.39 is 0 Å². The second-order valence-corrected chi connectivity index (χ2v) is 8.94. The number of carbonyl (C=O) groups is 1. The molecule has 0 bridgehead atoms. The third kappa shape index (κ3) is 4.51. The molecule has 0 spiro atoms. The van der Waals surface area contributed by atoms with Crippen molar-refractivity contribution < 1.29 is 4.79 Å². The first-order valence-electron chi connectivity index (χ1n) is 10.4. The third-order valence-electron chi connectivity index (χ3n) is 5.66. The van der Waals surface area contributed by atoms with Gasteiger partial charge in [0.05, 0.1) is 17.9 Å². The highest BCUT2D eigenvalue weighted by Crippen LogP contribution is 2.30. The Bertz CT molecular complexity index is 1020. The Balaban J connectivity index is 1.32. The van der Waals surface area contributed by atoms with Crippen molar-refractivity contribution in [2.75, 3.05) is 18.0 Å². The van der Waals surface area contributed by atoms with Crippen LogP contribution < -0.4 is 10.2 Å². The second kappa shape index (κ2) is 8.92. The fourth-order valence-electron chi connectivity index (χ4n) is 3.76. The van der Waals surface area contributed by atoms with Gasteiger partial charge in [0.1, 0.15) is 5.01 Å². The third-order valence-corrected chi connectivity index (χ3v) is 6.86. The van der Waals surface area contributed by atoms with Crippen LogP contribution in [0.25, 0.3) is 10.6 Å². The number of nitrogens with zero attached hydrogens (tertiary/aromatic N) is 4. The Kier molecular flexibility index (Phi) is 6.08. The largest absolute Gasteiger partial charge is 0.355 e. The van der Waals surface area contributed by atoms with Crippen LogP contribution in [0.15, 0.2) is 36.4 Å². The second-order valence-electron chi connectivity index (χ2n) is 7.85. The zero-order valence-corrected chi connectivity index (χ0v) is 18.5. The maximum absolute atomic E-state index is 12.7. The summed E-state index contributed by atoms with van der Waals surface area (Å²) in [7, 11) is 0. The molecule has 0 radical (unpaired) electrons. The molecule has 0 unspecified atom stereocenters. The Hall–Kier alpha value is -2.80. The van der Waals surface area contributed by atoms with Crippen molar-refractivity contribution in [1.29, 1.82) is 0 Å². The molecular weight excluding hydrogens is 394 g/mol. The van der Waals surface area contributed by atoms with Crippen LogP contribution in [0.1, 0.15) is 34.7 Å². The fourth-order valence-corrected chi connectivity index (χ4v) is 4.86. The summed E-state index contributed by atoms with van der Waals surface area (Å²) in [5.41, 5.74) is 4.28. The van der Waals surface area contributed by atoms with Crippen LogP contribution in [0.5, 0.6) is 0 Å². The predicted octanol–water partition coefficient (Wildman–Crippen LogP) is 4.06. The number of thiazole rings is 1. The van der Waals surface area contributed by atoms with E-state index in [9.17, 15) is 4.79 Å². The summed E-state index contributed by atoms with van der Waals surface area (Å²) >= 11 is 1.66. The predicted molar refractivity (Wildman–Crippen MR) is 121 cm³/mol. The molecule has 1 fully saturated rings. The monoisotopic (exact) mass is 421 g/mol. The summed E-state index contributed by atoms with van der Waals surface area (Å²) in [5.74, 6) is 1.07. The lowest BCUT2D eigenvalue weighted by atomic mass is 9.96. The highest BCUT2D eigenvalue weighted by atomic mass is 32.1. The fraction of sp³-hybridized carbons (Fsp3) is 0.391.